The van der Waals surface area contributed by atoms with Gasteiger partial charge in [0.15, 0.2) is 0 Å². The predicted molar refractivity (Wildman–Crippen MR) is 76.7 cm³/mol. The normalized spacial score (nSPS) is 30.8. The third kappa shape index (κ3) is 4.89. The van der Waals surface area contributed by atoms with E-state index < -0.39 is 0 Å². The first kappa shape index (κ1) is 14.3. The van der Waals surface area contributed by atoms with Crippen molar-refractivity contribution in [2.24, 2.45) is 17.8 Å². The minimum Gasteiger partial charge on any atom is -0.381 e. The van der Waals surface area contributed by atoms with Crippen molar-refractivity contribution in [3.05, 3.63) is 0 Å². The molecule has 2 aliphatic rings. The van der Waals surface area contributed by atoms with Crippen molar-refractivity contribution in [2.75, 3.05) is 19.8 Å². The van der Waals surface area contributed by atoms with E-state index in [9.17, 15) is 0 Å². The first-order chi connectivity index (χ1) is 8.74. The molecule has 2 rings (SSSR count). The van der Waals surface area contributed by atoms with E-state index >= 15 is 0 Å². The van der Waals surface area contributed by atoms with Crippen LogP contribution in [-0.4, -0.2) is 25.8 Å². The molecule has 106 valence electrons. The van der Waals surface area contributed by atoms with Crippen molar-refractivity contribution < 1.29 is 4.74 Å². The fraction of sp³-hybridized carbons (Fsp3) is 1.00. The largest absolute Gasteiger partial charge is 0.381 e. The van der Waals surface area contributed by atoms with E-state index in [-0.39, 0.29) is 0 Å². The highest BCUT2D eigenvalue weighted by Crippen LogP contribution is 2.29. The zero-order chi connectivity index (χ0) is 12.8. The Morgan fingerprint density at radius 1 is 1.06 bits per heavy atom. The van der Waals surface area contributed by atoms with Gasteiger partial charge in [0.2, 0.25) is 0 Å². The predicted octanol–water partition coefficient (Wildman–Crippen LogP) is 3.61. The fourth-order valence-electron chi connectivity index (χ4n) is 3.64. The van der Waals surface area contributed by atoms with Crippen molar-refractivity contribution in [1.82, 2.24) is 5.32 Å². The maximum absolute atomic E-state index is 5.42. The van der Waals surface area contributed by atoms with Crippen LogP contribution in [0.15, 0.2) is 0 Å². The topological polar surface area (TPSA) is 21.3 Å². The van der Waals surface area contributed by atoms with E-state index in [1.165, 1.54) is 51.5 Å². The molecular weight excluding hydrogens is 222 g/mol. The Morgan fingerprint density at radius 2 is 1.83 bits per heavy atom. The van der Waals surface area contributed by atoms with Gasteiger partial charge in [0.1, 0.15) is 0 Å². The Morgan fingerprint density at radius 3 is 2.56 bits per heavy atom. The molecule has 1 saturated heterocycles. The van der Waals surface area contributed by atoms with Gasteiger partial charge in [-0.25, -0.2) is 0 Å². The summed E-state index contributed by atoms with van der Waals surface area (Å²) < 4.78 is 5.42. The lowest BCUT2D eigenvalue weighted by Crippen LogP contribution is -2.38. The van der Waals surface area contributed by atoms with E-state index in [0.29, 0.717) is 0 Å². The van der Waals surface area contributed by atoms with Gasteiger partial charge in [-0.3, -0.25) is 0 Å². The third-order valence-corrected chi connectivity index (χ3v) is 4.62. The van der Waals surface area contributed by atoms with Crippen LogP contribution in [0.3, 0.4) is 0 Å². The van der Waals surface area contributed by atoms with E-state index in [1.54, 1.807) is 0 Å². The standard InChI is InChI=1S/C16H31NO/c1-13(2)10-15-4-3-5-16(11-15)17-12-14-6-8-18-9-7-14/h13-17H,3-12H2,1-2H3. The summed E-state index contributed by atoms with van der Waals surface area (Å²) in [4.78, 5) is 0. The van der Waals surface area contributed by atoms with Crippen LogP contribution in [0.5, 0.6) is 0 Å². The summed E-state index contributed by atoms with van der Waals surface area (Å²) in [5, 5.41) is 3.84. The molecule has 2 atom stereocenters. The monoisotopic (exact) mass is 253 g/mol. The molecule has 1 N–H and O–H groups in total. The van der Waals surface area contributed by atoms with E-state index in [2.05, 4.69) is 19.2 Å². The number of nitrogens with one attached hydrogen (secondary N) is 1. The second-order valence-electron chi connectivity index (χ2n) is 6.82. The molecule has 2 unspecified atom stereocenters. The molecule has 1 heterocycles. The van der Waals surface area contributed by atoms with Crippen molar-refractivity contribution in [1.29, 1.82) is 0 Å². The number of rotatable bonds is 5. The fourth-order valence-corrected chi connectivity index (χ4v) is 3.64. The van der Waals surface area contributed by atoms with Crippen LogP contribution in [0.25, 0.3) is 0 Å². The molecule has 1 aliphatic carbocycles. The molecule has 0 aromatic heterocycles. The zero-order valence-corrected chi connectivity index (χ0v) is 12.3. The summed E-state index contributed by atoms with van der Waals surface area (Å²) in [6.45, 7) is 7.90. The third-order valence-electron chi connectivity index (χ3n) is 4.62. The quantitative estimate of drug-likeness (QED) is 0.808. The smallest absolute Gasteiger partial charge is 0.0469 e. The molecule has 1 aliphatic heterocycles. The van der Waals surface area contributed by atoms with Gasteiger partial charge >= 0.3 is 0 Å². The Bertz CT molecular complexity index is 223. The highest BCUT2D eigenvalue weighted by Gasteiger charge is 2.23. The summed E-state index contributed by atoms with van der Waals surface area (Å²) in [5.74, 6) is 2.71. The van der Waals surface area contributed by atoms with Gasteiger partial charge in [0.05, 0.1) is 0 Å². The zero-order valence-electron chi connectivity index (χ0n) is 12.3. The maximum atomic E-state index is 5.42. The van der Waals surface area contributed by atoms with Crippen LogP contribution in [-0.2, 0) is 4.74 Å². The molecule has 0 aromatic rings. The Balaban J connectivity index is 1.65. The molecular formula is C16H31NO. The maximum Gasteiger partial charge on any atom is 0.0469 e. The van der Waals surface area contributed by atoms with Crippen LogP contribution in [0, 0.1) is 17.8 Å². The lowest BCUT2D eigenvalue weighted by molar-refractivity contribution is 0.0645. The summed E-state index contributed by atoms with van der Waals surface area (Å²) in [5.41, 5.74) is 0. The van der Waals surface area contributed by atoms with E-state index in [0.717, 1.165) is 37.0 Å². The van der Waals surface area contributed by atoms with Crippen LogP contribution in [0.4, 0.5) is 0 Å². The lowest BCUT2D eigenvalue weighted by Gasteiger charge is -2.32. The van der Waals surface area contributed by atoms with Gasteiger partial charge in [-0.1, -0.05) is 26.7 Å². The first-order valence-electron chi connectivity index (χ1n) is 8.05. The average molecular weight is 253 g/mol. The number of hydrogen-bond donors (Lipinski definition) is 1. The van der Waals surface area contributed by atoms with Crippen LogP contribution < -0.4 is 5.32 Å². The molecule has 2 fully saturated rings. The van der Waals surface area contributed by atoms with Gasteiger partial charge in [-0.2, -0.15) is 0 Å². The van der Waals surface area contributed by atoms with Gasteiger partial charge in [-0.15, -0.1) is 0 Å². The van der Waals surface area contributed by atoms with Crippen molar-refractivity contribution in [3.63, 3.8) is 0 Å². The van der Waals surface area contributed by atoms with Crippen molar-refractivity contribution >= 4 is 0 Å². The Hall–Kier alpha value is -0.0800. The van der Waals surface area contributed by atoms with Gasteiger partial charge < -0.3 is 10.1 Å². The van der Waals surface area contributed by atoms with Gasteiger partial charge in [-0.05, 0) is 56.4 Å². The molecule has 2 heteroatoms. The number of hydrogen-bond acceptors (Lipinski definition) is 2. The summed E-state index contributed by atoms with van der Waals surface area (Å²) in [6.07, 6.45) is 9.66. The Kier molecular flexibility index (Phi) is 5.97. The summed E-state index contributed by atoms with van der Waals surface area (Å²) in [7, 11) is 0. The highest BCUT2D eigenvalue weighted by molar-refractivity contribution is 4.80. The number of ether oxygens (including phenoxy) is 1. The van der Waals surface area contributed by atoms with Gasteiger partial charge in [0, 0.05) is 19.3 Å². The van der Waals surface area contributed by atoms with Gasteiger partial charge in [0.25, 0.3) is 0 Å². The average Bonchev–Trinajstić information content (AvgIpc) is 2.37. The molecule has 0 bridgehead atoms. The van der Waals surface area contributed by atoms with Crippen LogP contribution in [0.2, 0.25) is 0 Å². The minimum atomic E-state index is 0.797. The highest BCUT2D eigenvalue weighted by atomic mass is 16.5. The lowest BCUT2D eigenvalue weighted by atomic mass is 9.81. The minimum absolute atomic E-state index is 0.797. The summed E-state index contributed by atoms with van der Waals surface area (Å²) >= 11 is 0. The Labute approximate surface area is 113 Å². The molecule has 1 saturated carbocycles. The first-order valence-corrected chi connectivity index (χ1v) is 8.05. The van der Waals surface area contributed by atoms with Crippen molar-refractivity contribution in [2.45, 2.75) is 64.8 Å². The molecule has 18 heavy (non-hydrogen) atoms. The van der Waals surface area contributed by atoms with E-state index in [4.69, 9.17) is 4.74 Å². The second-order valence-corrected chi connectivity index (χ2v) is 6.82. The SMILES string of the molecule is CC(C)CC1CCCC(NCC2CCOCC2)C1. The molecule has 0 radical (unpaired) electrons. The van der Waals surface area contributed by atoms with Crippen molar-refractivity contribution in [3.8, 4) is 0 Å². The molecule has 0 aromatic carbocycles. The summed E-state index contributed by atoms with van der Waals surface area (Å²) in [6, 6.07) is 0.797. The molecule has 0 amide bonds. The molecule has 0 spiro atoms. The second kappa shape index (κ2) is 7.49. The van der Waals surface area contributed by atoms with E-state index in [1.807, 2.05) is 0 Å². The molecule has 2 nitrogen and oxygen atoms in total. The van der Waals surface area contributed by atoms with Crippen LogP contribution in [0.1, 0.15) is 58.8 Å². The van der Waals surface area contributed by atoms with Crippen LogP contribution >= 0.6 is 0 Å².